The Kier molecular flexibility index (Phi) is 4.55. The number of benzene rings is 1. The number of nitrogens with one attached hydrogen (secondary N) is 2. The van der Waals surface area contributed by atoms with Gasteiger partial charge in [-0.05, 0) is 56.1 Å². The Morgan fingerprint density at radius 1 is 1.44 bits per heavy atom. The molecule has 1 aromatic rings. The molecule has 4 heteroatoms. The summed E-state index contributed by atoms with van der Waals surface area (Å²) in [6, 6.07) is 6.18. The van der Waals surface area contributed by atoms with E-state index in [-0.39, 0.29) is 0 Å². The molecule has 0 aromatic heterocycles. The molecule has 3 nitrogen and oxygen atoms in total. The summed E-state index contributed by atoms with van der Waals surface area (Å²) < 4.78 is 5.55. The second-order valence-electron chi connectivity index (χ2n) is 4.72. The van der Waals surface area contributed by atoms with Gasteiger partial charge in [-0.25, -0.2) is 0 Å². The number of ether oxygens (including phenoxy) is 1. The van der Waals surface area contributed by atoms with Crippen LogP contribution in [0.5, 0.6) is 0 Å². The van der Waals surface area contributed by atoms with Gasteiger partial charge in [0.2, 0.25) is 0 Å². The summed E-state index contributed by atoms with van der Waals surface area (Å²) in [6.45, 7) is 5.87. The molecule has 0 bridgehead atoms. The highest BCUT2D eigenvalue weighted by Gasteiger charge is 2.15. The highest BCUT2D eigenvalue weighted by atomic mass is 32.1. The third kappa shape index (κ3) is 3.43. The van der Waals surface area contributed by atoms with Crippen LogP contribution in [-0.2, 0) is 4.74 Å². The van der Waals surface area contributed by atoms with Crippen molar-refractivity contribution in [3.63, 3.8) is 0 Å². The summed E-state index contributed by atoms with van der Waals surface area (Å²) in [6.07, 6.45) is 2.59. The monoisotopic (exact) mass is 264 g/mol. The second kappa shape index (κ2) is 6.16. The highest BCUT2D eigenvalue weighted by molar-refractivity contribution is 7.80. The minimum Gasteiger partial charge on any atom is -0.376 e. The van der Waals surface area contributed by atoms with Crippen molar-refractivity contribution in [3.05, 3.63) is 29.3 Å². The maximum absolute atomic E-state index is 5.55. The normalized spacial score (nSPS) is 18.7. The average molecular weight is 264 g/mol. The Bertz CT molecular complexity index is 428. The molecule has 0 spiro atoms. The lowest BCUT2D eigenvalue weighted by molar-refractivity contribution is 0.114. The zero-order chi connectivity index (χ0) is 13.0. The Balaban J connectivity index is 1.84. The Hall–Kier alpha value is -1.13. The van der Waals surface area contributed by atoms with Gasteiger partial charge in [0.15, 0.2) is 5.11 Å². The Labute approximate surface area is 114 Å². The summed E-state index contributed by atoms with van der Waals surface area (Å²) in [5.74, 6) is 0. The van der Waals surface area contributed by atoms with Gasteiger partial charge in [0.05, 0.1) is 6.10 Å². The first-order chi connectivity index (χ1) is 8.66. The predicted molar refractivity (Wildman–Crippen MR) is 79.1 cm³/mol. The van der Waals surface area contributed by atoms with E-state index in [9.17, 15) is 0 Å². The summed E-state index contributed by atoms with van der Waals surface area (Å²) in [5, 5.41) is 7.12. The van der Waals surface area contributed by atoms with E-state index in [4.69, 9.17) is 17.0 Å². The van der Waals surface area contributed by atoms with Gasteiger partial charge in [-0.15, -0.1) is 0 Å². The van der Waals surface area contributed by atoms with Crippen molar-refractivity contribution >= 4 is 23.0 Å². The standard InChI is InChI=1S/C14H20N2OS/c1-10-5-3-7-13(11(10)2)16-14(18)15-9-12-6-4-8-17-12/h3,5,7,12H,4,6,8-9H2,1-2H3,(H2,15,16,18)/t12-/m1/s1. The average Bonchev–Trinajstić information content (AvgIpc) is 2.86. The molecule has 2 N–H and O–H groups in total. The van der Waals surface area contributed by atoms with E-state index >= 15 is 0 Å². The first kappa shape index (κ1) is 13.3. The number of thiocarbonyl (C=S) groups is 1. The molecule has 0 saturated carbocycles. The molecule has 18 heavy (non-hydrogen) atoms. The minimum atomic E-state index is 0.309. The van der Waals surface area contributed by atoms with Crippen LogP contribution in [0.1, 0.15) is 24.0 Å². The number of anilines is 1. The SMILES string of the molecule is Cc1cccc(NC(=S)NC[C@H]2CCCO2)c1C. The van der Waals surface area contributed by atoms with Crippen molar-refractivity contribution in [2.45, 2.75) is 32.8 Å². The number of hydrogen-bond acceptors (Lipinski definition) is 2. The van der Waals surface area contributed by atoms with Gasteiger partial charge >= 0.3 is 0 Å². The van der Waals surface area contributed by atoms with Crippen LogP contribution in [0.4, 0.5) is 5.69 Å². The molecule has 1 aliphatic heterocycles. The lowest BCUT2D eigenvalue weighted by atomic mass is 10.1. The smallest absolute Gasteiger partial charge is 0.170 e. The Morgan fingerprint density at radius 2 is 2.28 bits per heavy atom. The van der Waals surface area contributed by atoms with Crippen LogP contribution >= 0.6 is 12.2 Å². The molecule has 1 atom stereocenters. The van der Waals surface area contributed by atoms with Gasteiger partial charge in [0.1, 0.15) is 0 Å². The van der Waals surface area contributed by atoms with Crippen LogP contribution in [-0.4, -0.2) is 24.4 Å². The zero-order valence-corrected chi connectivity index (χ0v) is 11.8. The molecule has 0 radical (unpaired) electrons. The molecule has 1 saturated heterocycles. The fourth-order valence-electron chi connectivity index (χ4n) is 2.06. The lowest BCUT2D eigenvalue weighted by Crippen LogP contribution is -2.35. The van der Waals surface area contributed by atoms with Gasteiger partial charge in [-0.3, -0.25) is 0 Å². The van der Waals surface area contributed by atoms with Gasteiger partial charge in [0.25, 0.3) is 0 Å². The molecule has 1 aliphatic rings. The van der Waals surface area contributed by atoms with Crippen molar-refractivity contribution in [2.75, 3.05) is 18.5 Å². The molecule has 1 heterocycles. The van der Waals surface area contributed by atoms with E-state index in [1.807, 2.05) is 12.1 Å². The highest BCUT2D eigenvalue weighted by Crippen LogP contribution is 2.17. The van der Waals surface area contributed by atoms with Crippen LogP contribution in [0.25, 0.3) is 0 Å². The van der Waals surface area contributed by atoms with Gasteiger partial charge in [-0.2, -0.15) is 0 Å². The number of aryl methyl sites for hydroxylation is 1. The van der Waals surface area contributed by atoms with E-state index in [0.717, 1.165) is 31.7 Å². The van der Waals surface area contributed by atoms with Crippen LogP contribution in [0.15, 0.2) is 18.2 Å². The molecule has 1 fully saturated rings. The maximum Gasteiger partial charge on any atom is 0.170 e. The quantitative estimate of drug-likeness (QED) is 0.823. The molecular weight excluding hydrogens is 244 g/mol. The summed E-state index contributed by atoms with van der Waals surface area (Å²) in [7, 11) is 0. The molecule has 98 valence electrons. The summed E-state index contributed by atoms with van der Waals surface area (Å²) in [4.78, 5) is 0. The maximum atomic E-state index is 5.55. The lowest BCUT2D eigenvalue weighted by Gasteiger charge is -2.15. The van der Waals surface area contributed by atoms with Crippen LogP contribution in [0, 0.1) is 13.8 Å². The topological polar surface area (TPSA) is 33.3 Å². The van der Waals surface area contributed by atoms with Crippen molar-refractivity contribution in [1.82, 2.24) is 5.32 Å². The fraction of sp³-hybridized carbons (Fsp3) is 0.500. The van der Waals surface area contributed by atoms with E-state index in [2.05, 4.69) is 30.5 Å². The van der Waals surface area contributed by atoms with Crippen molar-refractivity contribution in [1.29, 1.82) is 0 Å². The molecule has 0 amide bonds. The van der Waals surface area contributed by atoms with Gasteiger partial charge < -0.3 is 15.4 Å². The van der Waals surface area contributed by atoms with Crippen LogP contribution < -0.4 is 10.6 Å². The van der Waals surface area contributed by atoms with Crippen molar-refractivity contribution < 1.29 is 4.74 Å². The van der Waals surface area contributed by atoms with Crippen molar-refractivity contribution in [2.24, 2.45) is 0 Å². The van der Waals surface area contributed by atoms with E-state index < -0.39 is 0 Å². The molecule has 0 unspecified atom stereocenters. The molecule has 2 rings (SSSR count). The van der Waals surface area contributed by atoms with E-state index in [0.29, 0.717) is 11.2 Å². The van der Waals surface area contributed by atoms with Crippen molar-refractivity contribution in [3.8, 4) is 0 Å². The third-order valence-electron chi connectivity index (χ3n) is 3.37. The molecule has 1 aromatic carbocycles. The summed E-state index contributed by atoms with van der Waals surface area (Å²) >= 11 is 5.30. The predicted octanol–water partition coefficient (Wildman–Crippen LogP) is 2.77. The number of rotatable bonds is 3. The van der Waals surface area contributed by atoms with Gasteiger partial charge in [0, 0.05) is 18.8 Å². The zero-order valence-electron chi connectivity index (χ0n) is 11.0. The second-order valence-corrected chi connectivity index (χ2v) is 5.13. The third-order valence-corrected chi connectivity index (χ3v) is 3.61. The van der Waals surface area contributed by atoms with Gasteiger partial charge in [-0.1, -0.05) is 12.1 Å². The molecule has 0 aliphatic carbocycles. The van der Waals surface area contributed by atoms with Crippen LogP contribution in [0.3, 0.4) is 0 Å². The summed E-state index contributed by atoms with van der Waals surface area (Å²) in [5.41, 5.74) is 3.57. The van der Waals surface area contributed by atoms with E-state index in [1.54, 1.807) is 0 Å². The number of hydrogen-bond donors (Lipinski definition) is 2. The van der Waals surface area contributed by atoms with E-state index in [1.165, 1.54) is 11.1 Å². The van der Waals surface area contributed by atoms with Crippen LogP contribution in [0.2, 0.25) is 0 Å². The molecular formula is C14H20N2OS. The Morgan fingerprint density at radius 3 is 3.00 bits per heavy atom. The first-order valence-corrected chi connectivity index (χ1v) is 6.80. The first-order valence-electron chi connectivity index (χ1n) is 6.39. The minimum absolute atomic E-state index is 0.309. The largest absolute Gasteiger partial charge is 0.376 e. The fourth-order valence-corrected chi connectivity index (χ4v) is 2.26.